The lowest BCUT2D eigenvalue weighted by Crippen LogP contribution is -2.38. The molecule has 0 bridgehead atoms. The molecule has 0 saturated carbocycles. The van der Waals surface area contributed by atoms with Gasteiger partial charge in [-0.2, -0.15) is 13.2 Å². The Morgan fingerprint density at radius 3 is 2.29 bits per heavy atom. The molecule has 0 aliphatic carbocycles. The highest BCUT2D eigenvalue weighted by Crippen LogP contribution is 2.37. The first-order valence-corrected chi connectivity index (χ1v) is 6.39. The Bertz CT molecular complexity index is 377. The van der Waals surface area contributed by atoms with Crippen LogP contribution in [-0.4, -0.2) is 54.2 Å². The number of carbonyl (C=O) groups is 2. The minimum Gasteiger partial charge on any atom is -0.481 e. The fourth-order valence-electron chi connectivity index (χ4n) is 2.17. The smallest absolute Gasteiger partial charge is 0.393 e. The van der Waals surface area contributed by atoms with Gasteiger partial charge in [0.15, 0.2) is 0 Å². The van der Waals surface area contributed by atoms with E-state index in [9.17, 15) is 22.8 Å². The highest BCUT2D eigenvalue weighted by atomic mass is 35.5. The molecule has 9 heteroatoms. The number of rotatable bonds is 5. The van der Waals surface area contributed by atoms with Crippen molar-refractivity contribution in [1.29, 1.82) is 0 Å². The summed E-state index contributed by atoms with van der Waals surface area (Å²) in [6.45, 7) is 3.33. The molecule has 124 valence electrons. The van der Waals surface area contributed by atoms with Crippen LogP contribution in [0.2, 0.25) is 0 Å². The average Bonchev–Trinajstić information content (AvgIpc) is 2.70. The second-order valence-corrected chi connectivity index (χ2v) is 5.48. The summed E-state index contributed by atoms with van der Waals surface area (Å²) in [4.78, 5) is 23.7. The molecule has 0 aromatic carbocycles. The molecule has 21 heavy (non-hydrogen) atoms. The van der Waals surface area contributed by atoms with E-state index in [1.807, 2.05) is 13.8 Å². The van der Waals surface area contributed by atoms with Crippen molar-refractivity contribution in [3.05, 3.63) is 0 Å². The number of likely N-dealkylation sites (tertiary alicyclic amines) is 1. The van der Waals surface area contributed by atoms with Crippen LogP contribution in [0.4, 0.5) is 13.2 Å². The maximum absolute atomic E-state index is 12.7. The van der Waals surface area contributed by atoms with Gasteiger partial charge in [0.05, 0.1) is 18.4 Å². The molecule has 0 radical (unpaired) electrons. The van der Waals surface area contributed by atoms with Gasteiger partial charge in [-0.25, -0.2) is 0 Å². The number of carboxylic acids is 1. The maximum atomic E-state index is 12.7. The third-order valence-electron chi connectivity index (χ3n) is 3.21. The summed E-state index contributed by atoms with van der Waals surface area (Å²) < 4.78 is 38.2. The van der Waals surface area contributed by atoms with E-state index in [1.165, 1.54) is 4.90 Å². The first-order valence-electron chi connectivity index (χ1n) is 6.39. The molecule has 1 saturated heterocycles. The number of carboxylic acid groups (broad SMARTS) is 1. The summed E-state index contributed by atoms with van der Waals surface area (Å²) in [6, 6.07) is 0. The molecule has 1 aliphatic rings. The summed E-state index contributed by atoms with van der Waals surface area (Å²) in [7, 11) is 0. The second kappa shape index (κ2) is 7.84. The molecular weight excluding hydrogens is 313 g/mol. The van der Waals surface area contributed by atoms with E-state index in [0.717, 1.165) is 0 Å². The monoisotopic (exact) mass is 332 g/mol. The zero-order valence-corrected chi connectivity index (χ0v) is 12.6. The van der Waals surface area contributed by atoms with Crippen LogP contribution < -0.4 is 5.32 Å². The van der Waals surface area contributed by atoms with Crippen molar-refractivity contribution in [2.45, 2.75) is 20.0 Å². The molecular formula is C12H20ClF3N2O3. The SMILES string of the molecule is CC(C)CNC(=O)CN1C[C@@H](C(F)(F)F)[C@H](C(=O)O)C1.Cl. The fourth-order valence-corrected chi connectivity index (χ4v) is 2.17. The van der Waals surface area contributed by atoms with E-state index in [0.29, 0.717) is 6.54 Å². The number of alkyl halides is 3. The maximum Gasteiger partial charge on any atom is 0.393 e. The predicted octanol–water partition coefficient (Wildman–Crippen LogP) is 1.38. The second-order valence-electron chi connectivity index (χ2n) is 5.48. The van der Waals surface area contributed by atoms with Crippen molar-refractivity contribution in [3.63, 3.8) is 0 Å². The van der Waals surface area contributed by atoms with Crippen LogP contribution in [0, 0.1) is 17.8 Å². The molecule has 0 unspecified atom stereocenters. The number of amides is 1. The number of hydrogen-bond acceptors (Lipinski definition) is 3. The average molecular weight is 333 g/mol. The van der Waals surface area contributed by atoms with Gasteiger partial charge in [-0.05, 0) is 5.92 Å². The van der Waals surface area contributed by atoms with Gasteiger partial charge < -0.3 is 10.4 Å². The molecule has 0 aromatic rings. The molecule has 1 aliphatic heterocycles. The largest absolute Gasteiger partial charge is 0.481 e. The number of halogens is 4. The molecule has 5 nitrogen and oxygen atoms in total. The van der Waals surface area contributed by atoms with Crippen LogP contribution in [-0.2, 0) is 9.59 Å². The van der Waals surface area contributed by atoms with E-state index in [2.05, 4.69) is 5.32 Å². The summed E-state index contributed by atoms with van der Waals surface area (Å²) >= 11 is 0. The van der Waals surface area contributed by atoms with Crippen LogP contribution in [0.5, 0.6) is 0 Å². The minimum absolute atomic E-state index is 0. The predicted molar refractivity (Wildman–Crippen MR) is 72.2 cm³/mol. The summed E-state index contributed by atoms with van der Waals surface area (Å²) in [5.74, 6) is -5.04. The molecule has 1 amide bonds. The van der Waals surface area contributed by atoms with Gasteiger partial charge in [0.1, 0.15) is 0 Å². The normalized spacial score (nSPS) is 23.0. The Hall–Kier alpha value is -1.02. The topological polar surface area (TPSA) is 69.6 Å². The highest BCUT2D eigenvalue weighted by Gasteiger charge is 2.52. The van der Waals surface area contributed by atoms with Crippen LogP contribution in [0.15, 0.2) is 0 Å². The molecule has 1 rings (SSSR count). The zero-order chi connectivity index (χ0) is 15.5. The van der Waals surface area contributed by atoms with Gasteiger partial charge in [0.25, 0.3) is 0 Å². The Labute approximate surface area is 127 Å². The van der Waals surface area contributed by atoms with E-state index < -0.39 is 30.5 Å². The van der Waals surface area contributed by atoms with Crippen LogP contribution >= 0.6 is 12.4 Å². The Morgan fingerprint density at radius 2 is 1.90 bits per heavy atom. The lowest BCUT2D eigenvalue weighted by Gasteiger charge is -2.18. The van der Waals surface area contributed by atoms with Crippen molar-refractivity contribution in [2.75, 3.05) is 26.2 Å². The first-order chi connectivity index (χ1) is 9.11. The van der Waals surface area contributed by atoms with Crippen LogP contribution in [0.25, 0.3) is 0 Å². The lowest BCUT2D eigenvalue weighted by atomic mass is 9.96. The van der Waals surface area contributed by atoms with E-state index in [4.69, 9.17) is 5.11 Å². The van der Waals surface area contributed by atoms with Gasteiger partial charge in [-0.3, -0.25) is 14.5 Å². The summed E-state index contributed by atoms with van der Waals surface area (Å²) in [6.07, 6.45) is -4.56. The number of hydrogen-bond donors (Lipinski definition) is 2. The van der Waals surface area contributed by atoms with Crippen molar-refractivity contribution in [2.24, 2.45) is 17.8 Å². The Kier molecular flexibility index (Phi) is 7.46. The first kappa shape index (κ1) is 20.0. The van der Waals surface area contributed by atoms with Gasteiger partial charge >= 0.3 is 12.1 Å². The third-order valence-corrected chi connectivity index (χ3v) is 3.21. The number of nitrogens with zero attached hydrogens (tertiary/aromatic N) is 1. The van der Waals surface area contributed by atoms with Gasteiger partial charge in [-0.1, -0.05) is 13.8 Å². The van der Waals surface area contributed by atoms with E-state index in [1.54, 1.807) is 0 Å². The highest BCUT2D eigenvalue weighted by molar-refractivity contribution is 5.85. The van der Waals surface area contributed by atoms with Gasteiger partial charge in [-0.15, -0.1) is 12.4 Å². The molecule has 1 fully saturated rings. The minimum atomic E-state index is -4.56. The number of aliphatic carboxylic acids is 1. The number of carbonyl (C=O) groups excluding carboxylic acids is 1. The van der Waals surface area contributed by atoms with Crippen molar-refractivity contribution < 1.29 is 27.9 Å². The van der Waals surface area contributed by atoms with Gasteiger partial charge in [0.2, 0.25) is 5.91 Å². The Balaban J connectivity index is 0.00000400. The summed E-state index contributed by atoms with van der Waals surface area (Å²) in [5, 5.41) is 11.4. The lowest BCUT2D eigenvalue weighted by molar-refractivity contribution is -0.188. The molecule has 1 heterocycles. The molecule has 2 N–H and O–H groups in total. The summed E-state index contributed by atoms with van der Waals surface area (Å²) in [5.41, 5.74) is 0. The third kappa shape index (κ3) is 6.09. The fraction of sp³-hybridized carbons (Fsp3) is 0.833. The van der Waals surface area contributed by atoms with Crippen LogP contribution in [0.1, 0.15) is 13.8 Å². The number of nitrogens with one attached hydrogen (secondary N) is 1. The molecule has 2 atom stereocenters. The van der Waals surface area contributed by atoms with Gasteiger partial charge in [0, 0.05) is 19.6 Å². The van der Waals surface area contributed by atoms with E-state index >= 15 is 0 Å². The quantitative estimate of drug-likeness (QED) is 0.798. The molecule has 0 spiro atoms. The van der Waals surface area contributed by atoms with Crippen molar-refractivity contribution in [1.82, 2.24) is 10.2 Å². The van der Waals surface area contributed by atoms with Crippen molar-refractivity contribution >= 4 is 24.3 Å². The standard InChI is InChI=1S/C12H19F3N2O3.ClH/c1-7(2)3-16-10(18)6-17-4-8(11(19)20)9(5-17)12(13,14)15;/h7-9H,3-6H2,1-2H3,(H,16,18)(H,19,20);1H/t8-,9-;/m1./s1. The van der Waals surface area contributed by atoms with Crippen LogP contribution in [0.3, 0.4) is 0 Å². The zero-order valence-electron chi connectivity index (χ0n) is 11.8. The van der Waals surface area contributed by atoms with Crippen molar-refractivity contribution in [3.8, 4) is 0 Å². The van der Waals surface area contributed by atoms with E-state index in [-0.39, 0.29) is 37.3 Å². The molecule has 0 aromatic heterocycles. The Morgan fingerprint density at radius 1 is 1.33 bits per heavy atom.